The first kappa shape index (κ1) is 17.5. The van der Waals surface area contributed by atoms with Crippen LogP contribution in [0.2, 0.25) is 0 Å². The molecule has 27 heavy (non-hydrogen) atoms. The molecule has 138 valence electrons. The van der Waals surface area contributed by atoms with Crippen molar-refractivity contribution in [2.75, 3.05) is 11.9 Å². The third kappa shape index (κ3) is 3.80. The van der Waals surface area contributed by atoms with Crippen LogP contribution < -0.4 is 5.32 Å². The number of hydrogen-bond donors (Lipinski definition) is 1. The first-order chi connectivity index (χ1) is 13.2. The summed E-state index contributed by atoms with van der Waals surface area (Å²) in [5.74, 6) is 0.665. The fourth-order valence-corrected chi connectivity index (χ4v) is 3.90. The molecule has 0 aliphatic carbocycles. The number of nitrogens with one attached hydrogen (secondary N) is 1. The molecule has 8 heteroatoms. The fourth-order valence-electron chi connectivity index (χ4n) is 3.22. The zero-order chi connectivity index (χ0) is 18.6. The average Bonchev–Trinajstić information content (AvgIpc) is 3.38. The van der Waals surface area contributed by atoms with E-state index in [1.165, 1.54) is 11.3 Å². The molecule has 0 spiro atoms. The lowest BCUT2D eigenvalue weighted by Crippen LogP contribution is -2.31. The Balaban J connectivity index is 1.54. The summed E-state index contributed by atoms with van der Waals surface area (Å²) >= 11 is 1.52. The minimum absolute atomic E-state index is 0.0399. The van der Waals surface area contributed by atoms with Gasteiger partial charge in [-0.2, -0.15) is 0 Å². The Bertz CT molecular complexity index is 929. The maximum absolute atomic E-state index is 12.8. The van der Waals surface area contributed by atoms with Gasteiger partial charge in [-0.3, -0.25) is 9.78 Å². The van der Waals surface area contributed by atoms with Gasteiger partial charge in [0.1, 0.15) is 16.5 Å². The Morgan fingerprint density at radius 1 is 1.26 bits per heavy atom. The largest absolute Gasteiger partial charge is 0.329 e. The van der Waals surface area contributed by atoms with E-state index in [2.05, 4.69) is 27.4 Å². The van der Waals surface area contributed by atoms with E-state index in [4.69, 9.17) is 4.98 Å². The minimum atomic E-state index is -0.0463. The number of anilines is 2. The van der Waals surface area contributed by atoms with Gasteiger partial charge in [0, 0.05) is 12.7 Å². The number of amides is 1. The lowest BCUT2D eigenvalue weighted by atomic mass is 10.1. The highest BCUT2D eigenvalue weighted by Crippen LogP contribution is 2.32. The molecule has 7 nitrogen and oxygen atoms in total. The first-order valence-electron chi connectivity index (χ1n) is 9.03. The van der Waals surface area contributed by atoms with Crippen molar-refractivity contribution >= 4 is 28.2 Å². The minimum Gasteiger partial charge on any atom is -0.329 e. The van der Waals surface area contributed by atoms with Crippen molar-refractivity contribution in [3.8, 4) is 0 Å². The van der Waals surface area contributed by atoms with E-state index in [0.29, 0.717) is 11.5 Å². The quantitative estimate of drug-likeness (QED) is 0.728. The molecule has 3 aromatic rings. The van der Waals surface area contributed by atoms with E-state index in [1.54, 1.807) is 12.3 Å². The van der Waals surface area contributed by atoms with Crippen LogP contribution in [0.1, 0.15) is 47.0 Å². The maximum atomic E-state index is 12.8. The number of hydrogen-bond acceptors (Lipinski definition) is 7. The summed E-state index contributed by atoms with van der Waals surface area (Å²) in [7, 11) is 0. The smallest absolute Gasteiger partial charge is 0.273 e. The van der Waals surface area contributed by atoms with Crippen molar-refractivity contribution in [1.29, 1.82) is 0 Å². The van der Waals surface area contributed by atoms with E-state index >= 15 is 0 Å². The standard InChI is InChI=1S/C19H20N6OS/c1-2-17-23-24-19(27-17)22-16-10-5-8-13(21-16)15-9-6-12-25(15)18(26)14-7-3-4-11-20-14/h3-5,7-8,10-11,15H,2,6,9,12H2,1H3,(H,21,22,24)/t15-/m1/s1. The number of aromatic nitrogens is 4. The predicted octanol–water partition coefficient (Wildman–Crippen LogP) is 3.61. The topological polar surface area (TPSA) is 83.9 Å². The van der Waals surface area contributed by atoms with E-state index in [9.17, 15) is 4.79 Å². The molecule has 0 radical (unpaired) electrons. The number of likely N-dealkylation sites (tertiary alicyclic amines) is 1. The molecule has 1 aliphatic heterocycles. The second-order valence-electron chi connectivity index (χ2n) is 6.30. The molecule has 4 rings (SSSR count). The van der Waals surface area contributed by atoms with Crippen LogP contribution in [0.25, 0.3) is 0 Å². The Kier molecular flexibility index (Phi) is 5.06. The van der Waals surface area contributed by atoms with Crippen LogP contribution >= 0.6 is 11.3 Å². The van der Waals surface area contributed by atoms with Crippen LogP contribution in [0.4, 0.5) is 10.9 Å². The van der Waals surface area contributed by atoms with E-state index < -0.39 is 0 Å². The van der Waals surface area contributed by atoms with Gasteiger partial charge >= 0.3 is 0 Å². The second kappa shape index (κ2) is 7.79. The number of carbonyl (C=O) groups is 1. The monoisotopic (exact) mass is 380 g/mol. The molecule has 1 amide bonds. The number of carbonyl (C=O) groups excluding carboxylic acids is 1. The van der Waals surface area contributed by atoms with Crippen LogP contribution in [0, 0.1) is 0 Å². The maximum Gasteiger partial charge on any atom is 0.273 e. The summed E-state index contributed by atoms with van der Waals surface area (Å²) < 4.78 is 0. The third-order valence-corrected chi connectivity index (χ3v) is 5.50. The number of nitrogens with zero attached hydrogens (tertiary/aromatic N) is 5. The third-order valence-electron chi connectivity index (χ3n) is 4.51. The van der Waals surface area contributed by atoms with Gasteiger partial charge in [-0.15, -0.1) is 10.2 Å². The summed E-state index contributed by atoms with van der Waals surface area (Å²) in [6.45, 7) is 2.77. The zero-order valence-corrected chi connectivity index (χ0v) is 15.8. The average molecular weight is 380 g/mol. The molecule has 3 aromatic heterocycles. The van der Waals surface area contributed by atoms with Crippen molar-refractivity contribution < 1.29 is 4.79 Å². The van der Waals surface area contributed by atoms with Gasteiger partial charge in [0.25, 0.3) is 5.91 Å². The molecule has 1 N–H and O–H groups in total. The summed E-state index contributed by atoms with van der Waals surface area (Å²) in [5, 5.41) is 13.2. The molecule has 1 atom stereocenters. The molecule has 1 fully saturated rings. The van der Waals surface area contributed by atoms with Gasteiger partial charge in [-0.05, 0) is 43.5 Å². The highest BCUT2D eigenvalue weighted by molar-refractivity contribution is 7.15. The Morgan fingerprint density at radius 3 is 2.96 bits per heavy atom. The number of rotatable bonds is 5. The molecule has 0 unspecified atom stereocenters. The van der Waals surface area contributed by atoms with Gasteiger partial charge in [0.2, 0.25) is 5.13 Å². The summed E-state index contributed by atoms with van der Waals surface area (Å²) in [6, 6.07) is 11.2. The van der Waals surface area contributed by atoms with E-state index in [1.807, 2.05) is 35.2 Å². The molecular weight excluding hydrogens is 360 g/mol. The van der Waals surface area contributed by atoms with Crippen LogP contribution in [0.3, 0.4) is 0 Å². The molecular formula is C19H20N6OS. The molecule has 1 saturated heterocycles. The van der Waals surface area contributed by atoms with Gasteiger partial charge < -0.3 is 10.2 Å². The molecule has 4 heterocycles. The lowest BCUT2D eigenvalue weighted by molar-refractivity contribution is 0.0727. The van der Waals surface area contributed by atoms with Gasteiger partial charge in [0.15, 0.2) is 0 Å². The van der Waals surface area contributed by atoms with E-state index in [-0.39, 0.29) is 11.9 Å². The van der Waals surface area contributed by atoms with Gasteiger partial charge in [-0.1, -0.05) is 30.4 Å². The Labute approximate surface area is 161 Å². The summed E-state index contributed by atoms with van der Waals surface area (Å²) in [4.78, 5) is 23.6. The zero-order valence-electron chi connectivity index (χ0n) is 15.0. The Hall–Kier alpha value is -2.87. The van der Waals surface area contributed by atoms with Gasteiger partial charge in [-0.25, -0.2) is 4.98 Å². The van der Waals surface area contributed by atoms with Crippen molar-refractivity contribution in [3.05, 3.63) is 59.0 Å². The highest BCUT2D eigenvalue weighted by Gasteiger charge is 2.32. The van der Waals surface area contributed by atoms with Crippen LogP contribution in [0.15, 0.2) is 42.6 Å². The Morgan fingerprint density at radius 2 is 2.19 bits per heavy atom. The second-order valence-corrected chi connectivity index (χ2v) is 7.36. The summed E-state index contributed by atoms with van der Waals surface area (Å²) in [6.07, 6.45) is 4.36. The van der Waals surface area contributed by atoms with Crippen molar-refractivity contribution in [2.24, 2.45) is 0 Å². The van der Waals surface area contributed by atoms with E-state index in [0.717, 1.165) is 41.6 Å². The van der Waals surface area contributed by atoms with Crippen molar-refractivity contribution in [1.82, 2.24) is 25.1 Å². The normalized spacial score (nSPS) is 16.5. The fraction of sp³-hybridized carbons (Fsp3) is 0.316. The lowest BCUT2D eigenvalue weighted by Gasteiger charge is -2.24. The van der Waals surface area contributed by atoms with Crippen molar-refractivity contribution in [3.63, 3.8) is 0 Å². The van der Waals surface area contributed by atoms with Crippen LogP contribution in [0.5, 0.6) is 0 Å². The van der Waals surface area contributed by atoms with Crippen LogP contribution in [-0.2, 0) is 6.42 Å². The summed E-state index contributed by atoms with van der Waals surface area (Å²) in [5.41, 5.74) is 1.35. The van der Waals surface area contributed by atoms with Gasteiger partial charge in [0.05, 0.1) is 11.7 Å². The molecule has 1 aliphatic rings. The van der Waals surface area contributed by atoms with Crippen molar-refractivity contribution in [2.45, 2.75) is 32.2 Å². The number of aryl methyl sites for hydroxylation is 1. The number of pyridine rings is 2. The predicted molar refractivity (Wildman–Crippen MR) is 104 cm³/mol. The SMILES string of the molecule is CCc1nnc(Nc2cccc([C@H]3CCCN3C(=O)c3ccccn3)n2)s1. The molecule has 0 saturated carbocycles. The molecule has 0 aromatic carbocycles. The first-order valence-corrected chi connectivity index (χ1v) is 9.84. The highest BCUT2D eigenvalue weighted by atomic mass is 32.1. The van der Waals surface area contributed by atoms with Crippen LogP contribution in [-0.4, -0.2) is 37.5 Å². The molecule has 0 bridgehead atoms.